The summed E-state index contributed by atoms with van der Waals surface area (Å²) in [5, 5.41) is 9.20. The molecule has 0 aliphatic heterocycles. The number of amides is 1. The Labute approximate surface area is 104 Å². The van der Waals surface area contributed by atoms with E-state index in [2.05, 4.69) is 15.8 Å². The topological polar surface area (TPSA) is 87.4 Å². The van der Waals surface area contributed by atoms with Crippen molar-refractivity contribution < 1.29 is 14.3 Å². The maximum atomic E-state index is 11.7. The van der Waals surface area contributed by atoms with Crippen LogP contribution in [-0.4, -0.2) is 22.6 Å². The van der Waals surface area contributed by atoms with Crippen molar-refractivity contribution in [1.82, 2.24) is 15.8 Å². The maximum Gasteiger partial charge on any atom is 0.266 e. The number of aliphatic hydroxyl groups is 1. The monoisotopic (exact) mass is 247 g/mol. The van der Waals surface area contributed by atoms with E-state index in [1.807, 2.05) is 0 Å². The lowest BCUT2D eigenvalue weighted by Gasteiger charge is -2.14. The highest BCUT2D eigenvalue weighted by atomic mass is 16.3. The van der Waals surface area contributed by atoms with Crippen LogP contribution in [0.5, 0.6) is 0 Å². The molecule has 0 saturated carbocycles. The summed E-state index contributed by atoms with van der Waals surface area (Å²) >= 11 is 0. The summed E-state index contributed by atoms with van der Waals surface area (Å²) in [5.74, 6) is 0.220. The van der Waals surface area contributed by atoms with Crippen LogP contribution in [0.15, 0.2) is 47.3 Å². The standard InChI is InChI=1S/C12H13N3O3/c16-8-10(11-4-2-6-18-11)14-15-12(17)9-3-1-5-13-7-9/h1-7,10,14,16H,8H2,(H,15,17)/t10-/m1/s1. The smallest absolute Gasteiger partial charge is 0.266 e. The summed E-state index contributed by atoms with van der Waals surface area (Å²) in [5.41, 5.74) is 5.62. The molecule has 2 aromatic heterocycles. The van der Waals surface area contributed by atoms with Gasteiger partial charge in [0.25, 0.3) is 5.91 Å². The van der Waals surface area contributed by atoms with Gasteiger partial charge in [0.15, 0.2) is 0 Å². The molecule has 2 rings (SSSR count). The number of rotatable bonds is 5. The number of nitrogens with one attached hydrogen (secondary N) is 2. The Bertz CT molecular complexity index is 485. The summed E-state index contributed by atoms with van der Waals surface area (Å²) in [7, 11) is 0. The molecule has 0 aliphatic rings. The molecule has 0 aliphatic carbocycles. The Morgan fingerprint density at radius 3 is 2.94 bits per heavy atom. The van der Waals surface area contributed by atoms with Crippen LogP contribution in [-0.2, 0) is 0 Å². The Morgan fingerprint density at radius 2 is 2.33 bits per heavy atom. The van der Waals surface area contributed by atoms with E-state index < -0.39 is 6.04 Å². The Hall–Kier alpha value is -2.18. The first-order valence-electron chi connectivity index (χ1n) is 5.41. The van der Waals surface area contributed by atoms with Gasteiger partial charge < -0.3 is 9.52 Å². The highest BCUT2D eigenvalue weighted by Gasteiger charge is 2.14. The third-order valence-electron chi connectivity index (χ3n) is 2.35. The number of aliphatic hydroxyl groups excluding tert-OH is 1. The van der Waals surface area contributed by atoms with Crippen molar-refractivity contribution in [3.05, 3.63) is 54.2 Å². The highest BCUT2D eigenvalue weighted by Crippen LogP contribution is 2.11. The van der Waals surface area contributed by atoms with E-state index in [4.69, 9.17) is 4.42 Å². The first kappa shape index (κ1) is 12.3. The fraction of sp³-hybridized carbons (Fsp3) is 0.167. The zero-order valence-electron chi connectivity index (χ0n) is 9.54. The first-order chi connectivity index (χ1) is 8.81. The molecule has 2 aromatic rings. The molecule has 18 heavy (non-hydrogen) atoms. The molecule has 1 atom stereocenters. The van der Waals surface area contributed by atoms with E-state index >= 15 is 0 Å². The van der Waals surface area contributed by atoms with Crippen molar-refractivity contribution >= 4 is 5.91 Å². The minimum atomic E-state index is -0.486. The van der Waals surface area contributed by atoms with Gasteiger partial charge in [-0.3, -0.25) is 15.2 Å². The average Bonchev–Trinajstić information content (AvgIpc) is 2.94. The number of carbonyl (C=O) groups is 1. The van der Waals surface area contributed by atoms with Crippen molar-refractivity contribution in [2.24, 2.45) is 0 Å². The predicted octanol–water partition coefficient (Wildman–Crippen LogP) is 0.643. The summed E-state index contributed by atoms with van der Waals surface area (Å²) in [6.07, 6.45) is 4.55. The number of hydrogen-bond donors (Lipinski definition) is 3. The molecule has 94 valence electrons. The SMILES string of the molecule is O=C(NN[C@H](CO)c1ccco1)c1cccnc1. The van der Waals surface area contributed by atoms with Crippen molar-refractivity contribution in [1.29, 1.82) is 0 Å². The summed E-state index contributed by atoms with van der Waals surface area (Å²) < 4.78 is 5.14. The van der Waals surface area contributed by atoms with Gasteiger partial charge in [0.1, 0.15) is 11.8 Å². The Balaban J connectivity index is 1.93. The minimum absolute atomic E-state index is 0.194. The zero-order valence-corrected chi connectivity index (χ0v) is 9.54. The van der Waals surface area contributed by atoms with Crippen LogP contribution in [0.4, 0.5) is 0 Å². The predicted molar refractivity (Wildman–Crippen MR) is 63.4 cm³/mol. The fourth-order valence-electron chi connectivity index (χ4n) is 1.42. The second-order valence-corrected chi connectivity index (χ2v) is 3.59. The molecule has 0 aromatic carbocycles. The zero-order chi connectivity index (χ0) is 12.8. The van der Waals surface area contributed by atoms with Crippen LogP contribution in [0.2, 0.25) is 0 Å². The van der Waals surface area contributed by atoms with E-state index in [1.54, 1.807) is 30.5 Å². The van der Waals surface area contributed by atoms with Crippen LogP contribution in [0.25, 0.3) is 0 Å². The number of pyridine rings is 1. The molecule has 6 heteroatoms. The molecule has 0 fully saturated rings. The van der Waals surface area contributed by atoms with E-state index in [0.29, 0.717) is 11.3 Å². The lowest BCUT2D eigenvalue weighted by molar-refractivity contribution is 0.0910. The molecule has 2 heterocycles. The van der Waals surface area contributed by atoms with E-state index in [-0.39, 0.29) is 12.5 Å². The summed E-state index contributed by atoms with van der Waals surface area (Å²) in [4.78, 5) is 15.6. The largest absolute Gasteiger partial charge is 0.468 e. The molecule has 0 saturated heterocycles. The van der Waals surface area contributed by atoms with E-state index in [1.165, 1.54) is 12.5 Å². The molecule has 0 bridgehead atoms. The molecular weight excluding hydrogens is 234 g/mol. The lowest BCUT2D eigenvalue weighted by atomic mass is 10.2. The van der Waals surface area contributed by atoms with Crippen LogP contribution in [0.1, 0.15) is 22.2 Å². The number of nitrogens with zero attached hydrogens (tertiary/aromatic N) is 1. The number of hydrogen-bond acceptors (Lipinski definition) is 5. The number of hydrazine groups is 1. The third kappa shape index (κ3) is 2.93. The number of carbonyl (C=O) groups excluding carboxylic acids is 1. The van der Waals surface area contributed by atoms with Crippen molar-refractivity contribution in [2.45, 2.75) is 6.04 Å². The van der Waals surface area contributed by atoms with Gasteiger partial charge in [0, 0.05) is 12.4 Å². The van der Waals surface area contributed by atoms with Crippen LogP contribution in [0, 0.1) is 0 Å². The van der Waals surface area contributed by atoms with Crippen LogP contribution >= 0.6 is 0 Å². The number of furan rings is 1. The molecular formula is C12H13N3O3. The van der Waals surface area contributed by atoms with Gasteiger partial charge in [0.2, 0.25) is 0 Å². The molecule has 0 spiro atoms. The molecule has 1 amide bonds. The van der Waals surface area contributed by atoms with Crippen molar-refractivity contribution in [3.8, 4) is 0 Å². The van der Waals surface area contributed by atoms with Gasteiger partial charge in [-0.05, 0) is 24.3 Å². The molecule has 0 unspecified atom stereocenters. The van der Waals surface area contributed by atoms with Gasteiger partial charge in [-0.1, -0.05) is 0 Å². The van der Waals surface area contributed by atoms with Gasteiger partial charge in [-0.15, -0.1) is 0 Å². The second kappa shape index (κ2) is 5.95. The molecule has 0 radical (unpaired) electrons. The average molecular weight is 247 g/mol. The highest BCUT2D eigenvalue weighted by molar-refractivity contribution is 5.93. The minimum Gasteiger partial charge on any atom is -0.468 e. The third-order valence-corrected chi connectivity index (χ3v) is 2.35. The lowest BCUT2D eigenvalue weighted by Crippen LogP contribution is -2.41. The van der Waals surface area contributed by atoms with Crippen LogP contribution < -0.4 is 10.9 Å². The van der Waals surface area contributed by atoms with Gasteiger partial charge in [-0.25, -0.2) is 5.43 Å². The second-order valence-electron chi connectivity index (χ2n) is 3.59. The Morgan fingerprint density at radius 1 is 1.44 bits per heavy atom. The fourth-order valence-corrected chi connectivity index (χ4v) is 1.42. The van der Waals surface area contributed by atoms with Gasteiger partial charge >= 0.3 is 0 Å². The van der Waals surface area contributed by atoms with Crippen molar-refractivity contribution in [2.75, 3.05) is 6.61 Å². The Kier molecular flexibility index (Phi) is 4.06. The number of aromatic nitrogens is 1. The summed E-state index contributed by atoms with van der Waals surface area (Å²) in [6, 6.07) is 6.25. The quantitative estimate of drug-likeness (QED) is 0.675. The molecule has 3 N–H and O–H groups in total. The maximum absolute atomic E-state index is 11.7. The molecule has 6 nitrogen and oxygen atoms in total. The van der Waals surface area contributed by atoms with Crippen molar-refractivity contribution in [3.63, 3.8) is 0 Å². The normalized spacial score (nSPS) is 12.1. The van der Waals surface area contributed by atoms with E-state index in [0.717, 1.165) is 0 Å². The first-order valence-corrected chi connectivity index (χ1v) is 5.41. The van der Waals surface area contributed by atoms with Gasteiger partial charge in [0.05, 0.1) is 18.4 Å². The van der Waals surface area contributed by atoms with Crippen LogP contribution in [0.3, 0.4) is 0 Å². The van der Waals surface area contributed by atoms with Gasteiger partial charge in [-0.2, -0.15) is 0 Å². The summed E-state index contributed by atoms with van der Waals surface area (Å²) in [6.45, 7) is -0.194. The van der Waals surface area contributed by atoms with E-state index in [9.17, 15) is 9.90 Å².